The van der Waals surface area contributed by atoms with Crippen LogP contribution in [0.4, 0.5) is 17.6 Å². The van der Waals surface area contributed by atoms with Crippen molar-refractivity contribution >= 4 is 10.8 Å². The minimum Gasteiger partial charge on any atom is -0.497 e. The fourth-order valence-corrected chi connectivity index (χ4v) is 4.09. The number of nitrogens with one attached hydrogen (secondary N) is 1. The molecule has 0 aliphatic rings. The van der Waals surface area contributed by atoms with E-state index in [1.165, 1.54) is 24.3 Å². The van der Waals surface area contributed by atoms with Gasteiger partial charge in [-0.05, 0) is 89.3 Å². The number of ether oxygens (including phenoxy) is 1. The van der Waals surface area contributed by atoms with E-state index in [0.717, 1.165) is 40.0 Å². The molecule has 0 radical (unpaired) electrons. The van der Waals surface area contributed by atoms with Crippen LogP contribution in [0.5, 0.6) is 5.75 Å². The molecular formula is C28H25F4NO. The number of fused-ring (bicyclic) bond motifs is 1. The maximum atomic E-state index is 13.9. The first kappa shape index (κ1) is 23.8. The van der Waals surface area contributed by atoms with Gasteiger partial charge in [0, 0.05) is 6.04 Å². The molecule has 0 bridgehead atoms. The number of halogens is 4. The van der Waals surface area contributed by atoms with Crippen LogP contribution < -0.4 is 10.1 Å². The molecule has 0 fully saturated rings. The molecule has 0 heterocycles. The summed E-state index contributed by atoms with van der Waals surface area (Å²) in [7, 11) is 1.63. The molecule has 4 aromatic rings. The molecule has 176 valence electrons. The zero-order valence-electron chi connectivity index (χ0n) is 18.9. The molecule has 2 nitrogen and oxygen atoms in total. The van der Waals surface area contributed by atoms with Crippen molar-refractivity contribution in [3.63, 3.8) is 0 Å². The quantitative estimate of drug-likeness (QED) is 0.283. The Morgan fingerprint density at radius 2 is 1.68 bits per heavy atom. The van der Waals surface area contributed by atoms with Crippen molar-refractivity contribution in [3.8, 4) is 16.9 Å². The van der Waals surface area contributed by atoms with E-state index in [9.17, 15) is 17.6 Å². The van der Waals surface area contributed by atoms with Crippen LogP contribution in [-0.4, -0.2) is 13.7 Å². The molecule has 1 unspecified atom stereocenters. The highest BCUT2D eigenvalue weighted by molar-refractivity contribution is 5.97. The third-order valence-corrected chi connectivity index (χ3v) is 5.96. The molecule has 1 atom stereocenters. The maximum absolute atomic E-state index is 13.9. The van der Waals surface area contributed by atoms with Gasteiger partial charge < -0.3 is 10.1 Å². The topological polar surface area (TPSA) is 21.3 Å². The first-order chi connectivity index (χ1) is 16.2. The number of alkyl halides is 3. The summed E-state index contributed by atoms with van der Waals surface area (Å²) >= 11 is 0. The first-order valence-electron chi connectivity index (χ1n) is 11.0. The molecule has 0 aromatic heterocycles. The Balaban J connectivity index is 1.58. The standard InChI is InChI=1S/C28H25F4NO/c1-18(21-4-3-5-25(17-21)34-2)33-13-12-19-14-22-16-24(29)10-11-26(22)27(15-19)20-6-8-23(9-7-20)28(30,31)32/h3-11,14-18,33H,12-13H2,1-2H3. The second kappa shape index (κ2) is 9.85. The van der Waals surface area contributed by atoms with Crippen LogP contribution in [0.3, 0.4) is 0 Å². The van der Waals surface area contributed by atoms with Gasteiger partial charge in [0.25, 0.3) is 0 Å². The molecule has 4 aromatic carbocycles. The lowest BCUT2D eigenvalue weighted by Crippen LogP contribution is -2.21. The Morgan fingerprint density at radius 3 is 2.38 bits per heavy atom. The van der Waals surface area contributed by atoms with Crippen molar-refractivity contribution in [2.75, 3.05) is 13.7 Å². The van der Waals surface area contributed by atoms with Crippen molar-refractivity contribution in [2.24, 2.45) is 0 Å². The van der Waals surface area contributed by atoms with Crippen molar-refractivity contribution in [2.45, 2.75) is 25.6 Å². The van der Waals surface area contributed by atoms with Gasteiger partial charge in [-0.25, -0.2) is 4.39 Å². The van der Waals surface area contributed by atoms with Gasteiger partial charge in [0.2, 0.25) is 0 Å². The predicted octanol–water partition coefficient (Wildman–Crippen LogP) is 7.57. The number of hydrogen-bond donors (Lipinski definition) is 1. The Kier molecular flexibility index (Phi) is 6.89. The predicted molar refractivity (Wildman–Crippen MR) is 127 cm³/mol. The van der Waals surface area contributed by atoms with Crippen LogP contribution >= 0.6 is 0 Å². The summed E-state index contributed by atoms with van der Waals surface area (Å²) in [5.41, 5.74) is 2.81. The second-order valence-electron chi connectivity index (χ2n) is 8.29. The number of rotatable bonds is 7. The van der Waals surface area contributed by atoms with Gasteiger partial charge in [-0.15, -0.1) is 0 Å². The Labute approximate surface area is 196 Å². The molecule has 0 saturated heterocycles. The molecule has 34 heavy (non-hydrogen) atoms. The molecule has 6 heteroatoms. The highest BCUT2D eigenvalue weighted by Gasteiger charge is 2.30. The van der Waals surface area contributed by atoms with E-state index >= 15 is 0 Å². The summed E-state index contributed by atoms with van der Waals surface area (Å²) in [5.74, 6) is 0.441. The number of hydrogen-bond acceptors (Lipinski definition) is 2. The van der Waals surface area contributed by atoms with Gasteiger partial charge in [0.05, 0.1) is 12.7 Å². The van der Waals surface area contributed by atoms with Gasteiger partial charge in [-0.1, -0.05) is 42.5 Å². The smallest absolute Gasteiger partial charge is 0.416 e. The van der Waals surface area contributed by atoms with Crippen LogP contribution in [0.1, 0.15) is 29.7 Å². The second-order valence-corrected chi connectivity index (χ2v) is 8.29. The van der Waals surface area contributed by atoms with Crippen LogP contribution in [0.25, 0.3) is 21.9 Å². The molecule has 0 aliphatic heterocycles. The maximum Gasteiger partial charge on any atom is 0.416 e. The average Bonchev–Trinajstić information content (AvgIpc) is 2.82. The summed E-state index contributed by atoms with van der Waals surface area (Å²) in [6.07, 6.45) is -3.72. The lowest BCUT2D eigenvalue weighted by Gasteiger charge is -2.16. The van der Waals surface area contributed by atoms with Crippen LogP contribution in [0, 0.1) is 5.82 Å². The average molecular weight is 468 g/mol. The molecule has 4 rings (SSSR count). The zero-order valence-corrected chi connectivity index (χ0v) is 18.9. The summed E-state index contributed by atoms with van der Waals surface area (Å²) in [4.78, 5) is 0. The zero-order chi connectivity index (χ0) is 24.3. The van der Waals surface area contributed by atoms with Gasteiger partial charge in [-0.2, -0.15) is 13.2 Å². The first-order valence-corrected chi connectivity index (χ1v) is 11.0. The Hall–Kier alpha value is -3.38. The van der Waals surface area contributed by atoms with Gasteiger partial charge in [-0.3, -0.25) is 0 Å². The van der Waals surface area contributed by atoms with E-state index in [-0.39, 0.29) is 11.9 Å². The summed E-state index contributed by atoms with van der Waals surface area (Å²) < 4.78 is 58.2. The fraction of sp³-hybridized carbons (Fsp3) is 0.214. The molecule has 0 spiro atoms. The lowest BCUT2D eigenvalue weighted by molar-refractivity contribution is -0.137. The minimum atomic E-state index is -4.39. The highest BCUT2D eigenvalue weighted by atomic mass is 19.4. The van der Waals surface area contributed by atoms with Gasteiger partial charge >= 0.3 is 6.18 Å². The monoisotopic (exact) mass is 467 g/mol. The van der Waals surface area contributed by atoms with Crippen LogP contribution in [0.2, 0.25) is 0 Å². The highest BCUT2D eigenvalue weighted by Crippen LogP contribution is 2.34. The van der Waals surface area contributed by atoms with Crippen molar-refractivity contribution in [1.29, 1.82) is 0 Å². The molecule has 1 N–H and O–H groups in total. The third kappa shape index (κ3) is 5.39. The van der Waals surface area contributed by atoms with E-state index in [2.05, 4.69) is 12.2 Å². The molecule has 0 amide bonds. The molecular weight excluding hydrogens is 442 g/mol. The lowest BCUT2D eigenvalue weighted by atomic mass is 9.94. The normalized spacial score (nSPS) is 12.6. The van der Waals surface area contributed by atoms with E-state index in [4.69, 9.17) is 4.74 Å². The Bertz CT molecular complexity index is 1280. The van der Waals surface area contributed by atoms with Crippen molar-refractivity contribution in [3.05, 3.63) is 101 Å². The van der Waals surface area contributed by atoms with Crippen LogP contribution in [-0.2, 0) is 12.6 Å². The summed E-state index contributed by atoms with van der Waals surface area (Å²) in [5, 5.41) is 5.00. The van der Waals surface area contributed by atoms with Crippen molar-refractivity contribution in [1.82, 2.24) is 5.32 Å². The third-order valence-electron chi connectivity index (χ3n) is 5.96. The van der Waals surface area contributed by atoms with E-state index in [1.807, 2.05) is 36.4 Å². The molecule has 0 saturated carbocycles. The summed E-state index contributed by atoms with van der Waals surface area (Å²) in [6, 6.07) is 21.4. The van der Waals surface area contributed by atoms with Crippen molar-refractivity contribution < 1.29 is 22.3 Å². The van der Waals surface area contributed by atoms with E-state index < -0.39 is 11.7 Å². The van der Waals surface area contributed by atoms with E-state index in [0.29, 0.717) is 23.9 Å². The SMILES string of the molecule is COc1cccc(C(C)NCCc2cc(-c3ccc(C(F)(F)F)cc3)c3ccc(F)cc3c2)c1. The van der Waals surface area contributed by atoms with Gasteiger partial charge in [0.1, 0.15) is 11.6 Å². The minimum absolute atomic E-state index is 0.0994. The largest absolute Gasteiger partial charge is 0.497 e. The van der Waals surface area contributed by atoms with Gasteiger partial charge in [0.15, 0.2) is 0 Å². The number of benzene rings is 4. The molecule has 0 aliphatic carbocycles. The fourth-order valence-electron chi connectivity index (χ4n) is 4.09. The van der Waals surface area contributed by atoms with E-state index in [1.54, 1.807) is 13.2 Å². The Morgan fingerprint density at radius 1 is 0.912 bits per heavy atom. The summed E-state index contributed by atoms with van der Waals surface area (Å²) in [6.45, 7) is 2.74. The number of methoxy groups -OCH3 is 1. The van der Waals surface area contributed by atoms with Crippen LogP contribution in [0.15, 0.2) is 78.9 Å².